The molecule has 0 fully saturated rings. The average molecular weight is 582 g/mol. The van der Waals surface area contributed by atoms with Crippen molar-refractivity contribution >= 4 is 41.7 Å². The van der Waals surface area contributed by atoms with Gasteiger partial charge >= 0.3 is 23.9 Å². The first kappa shape index (κ1) is 33.2. The molecule has 0 bridgehead atoms. The van der Waals surface area contributed by atoms with E-state index < -0.39 is 35.8 Å². The third kappa shape index (κ3) is 9.58. The number of nitrogen functional groups attached to an aromatic ring is 1. The molecule has 0 spiro atoms. The van der Waals surface area contributed by atoms with E-state index in [0.717, 1.165) is 4.90 Å². The van der Waals surface area contributed by atoms with Crippen LogP contribution in [0.5, 0.6) is 5.75 Å². The number of benzene rings is 2. The van der Waals surface area contributed by atoms with Crippen LogP contribution in [0.25, 0.3) is 6.08 Å². The Balaban J connectivity index is 2.26. The Morgan fingerprint density at radius 2 is 1.45 bits per heavy atom. The minimum Gasteiger partial charge on any atom is -0.469 e. The number of ether oxygens (including phenoxy) is 4. The molecule has 2 aromatic carbocycles. The number of carbonyl (C=O) groups excluding carboxylic acids is 5. The minimum absolute atomic E-state index is 0.0216. The zero-order valence-corrected chi connectivity index (χ0v) is 24.0. The number of amidine groups is 1. The van der Waals surface area contributed by atoms with Crippen LogP contribution in [0.15, 0.2) is 54.1 Å². The lowest BCUT2D eigenvalue weighted by Gasteiger charge is -2.29. The highest BCUT2D eigenvalue weighted by molar-refractivity contribution is 6.06. The van der Waals surface area contributed by atoms with Gasteiger partial charge in [-0.25, -0.2) is 14.4 Å². The Morgan fingerprint density at radius 1 is 0.905 bits per heavy atom. The summed E-state index contributed by atoms with van der Waals surface area (Å²) >= 11 is 0. The van der Waals surface area contributed by atoms with Gasteiger partial charge in [0.25, 0.3) is 5.91 Å². The molecular formula is C30H35N3O9. The number of hydrogen-bond donors (Lipinski definition) is 2. The van der Waals surface area contributed by atoms with Crippen LogP contribution >= 0.6 is 0 Å². The monoisotopic (exact) mass is 581 g/mol. The number of rotatable bonds is 14. The van der Waals surface area contributed by atoms with Gasteiger partial charge in [0.2, 0.25) is 6.04 Å². The van der Waals surface area contributed by atoms with Crippen molar-refractivity contribution < 1.29 is 42.9 Å². The molecule has 12 heteroatoms. The number of methoxy groups -OCH3 is 1. The normalized spacial score (nSPS) is 10.9. The van der Waals surface area contributed by atoms with Crippen molar-refractivity contribution in [2.45, 2.75) is 39.7 Å². The molecule has 1 amide bonds. The third-order valence-electron chi connectivity index (χ3n) is 5.84. The van der Waals surface area contributed by atoms with E-state index in [2.05, 4.69) is 4.74 Å². The van der Waals surface area contributed by atoms with Crippen molar-refractivity contribution in [2.24, 2.45) is 5.73 Å². The molecule has 3 N–H and O–H groups in total. The van der Waals surface area contributed by atoms with Gasteiger partial charge in [-0.15, -0.1) is 0 Å². The topological polar surface area (TPSA) is 175 Å². The minimum atomic E-state index is -1.67. The van der Waals surface area contributed by atoms with E-state index in [0.29, 0.717) is 11.1 Å². The molecule has 2 aromatic rings. The summed E-state index contributed by atoms with van der Waals surface area (Å²) in [6.45, 7) is 4.48. The molecule has 0 radical (unpaired) electrons. The molecule has 0 saturated carbocycles. The fourth-order valence-corrected chi connectivity index (χ4v) is 3.76. The van der Waals surface area contributed by atoms with Crippen LogP contribution in [0, 0.1) is 5.41 Å². The third-order valence-corrected chi connectivity index (χ3v) is 5.84. The summed E-state index contributed by atoms with van der Waals surface area (Å²) in [7, 11) is 1.23. The second-order valence-electron chi connectivity index (χ2n) is 8.86. The van der Waals surface area contributed by atoms with Crippen LogP contribution in [0.1, 0.15) is 55.1 Å². The molecule has 0 heterocycles. The number of carbonyl (C=O) groups is 5. The Morgan fingerprint density at radius 3 is 1.95 bits per heavy atom. The lowest BCUT2D eigenvalue weighted by atomic mass is 10.1. The van der Waals surface area contributed by atoms with Gasteiger partial charge in [0, 0.05) is 24.1 Å². The number of nitrogens with two attached hydrogens (primary N) is 1. The fourth-order valence-electron chi connectivity index (χ4n) is 3.76. The Kier molecular flexibility index (Phi) is 12.9. The second-order valence-corrected chi connectivity index (χ2v) is 8.86. The smallest absolute Gasteiger partial charge is 0.343 e. The Hall–Kier alpha value is -5.00. The van der Waals surface area contributed by atoms with Gasteiger partial charge in [0.1, 0.15) is 11.6 Å². The van der Waals surface area contributed by atoms with Crippen molar-refractivity contribution in [3.8, 4) is 5.75 Å². The summed E-state index contributed by atoms with van der Waals surface area (Å²) in [5.74, 6) is -3.50. The molecule has 0 aliphatic rings. The predicted molar refractivity (Wildman–Crippen MR) is 153 cm³/mol. The highest BCUT2D eigenvalue weighted by atomic mass is 16.6. The van der Waals surface area contributed by atoms with E-state index in [9.17, 15) is 24.0 Å². The maximum atomic E-state index is 13.5. The molecular weight excluding hydrogens is 546 g/mol. The van der Waals surface area contributed by atoms with Gasteiger partial charge in [-0.3, -0.25) is 15.0 Å². The summed E-state index contributed by atoms with van der Waals surface area (Å²) < 4.78 is 20.1. The molecule has 0 atom stereocenters. The van der Waals surface area contributed by atoms with Gasteiger partial charge < -0.3 is 29.6 Å². The van der Waals surface area contributed by atoms with Gasteiger partial charge in [0.15, 0.2) is 0 Å². The largest absolute Gasteiger partial charge is 0.469 e. The maximum absolute atomic E-state index is 13.5. The molecule has 0 aliphatic heterocycles. The van der Waals surface area contributed by atoms with E-state index in [-0.39, 0.29) is 55.3 Å². The van der Waals surface area contributed by atoms with Crippen molar-refractivity contribution in [3.63, 3.8) is 0 Å². The molecule has 42 heavy (non-hydrogen) atoms. The second kappa shape index (κ2) is 16.3. The Labute approximate surface area is 243 Å². The molecule has 0 aromatic heterocycles. The van der Waals surface area contributed by atoms with E-state index in [4.69, 9.17) is 25.4 Å². The zero-order valence-electron chi connectivity index (χ0n) is 24.0. The van der Waals surface area contributed by atoms with E-state index >= 15 is 0 Å². The molecule has 0 aliphatic carbocycles. The standard InChI is InChI=1S/C30H35N3O9/c1-5-40-29(37)25(30(38)41-6-2)33(17-7-8-24(34)39-4)27(35)19(3)18-20-9-11-22(12-10-20)28(36)42-23-15-13-21(14-16-23)26(31)32/h9-16,18,25H,5-8,17H2,1-4H3,(H3,31,32). The molecule has 2 rings (SSSR count). The number of esters is 4. The fraction of sp³-hybridized carbons (Fsp3) is 0.333. The highest BCUT2D eigenvalue weighted by Crippen LogP contribution is 2.18. The quantitative estimate of drug-likeness (QED) is 0.0642. The van der Waals surface area contributed by atoms with Crippen LogP contribution in [0.2, 0.25) is 0 Å². The summed E-state index contributed by atoms with van der Waals surface area (Å²) in [4.78, 5) is 64.2. The number of nitrogens with zero attached hydrogens (tertiary/aromatic N) is 1. The van der Waals surface area contributed by atoms with Gasteiger partial charge in [-0.1, -0.05) is 12.1 Å². The number of hydrogen-bond acceptors (Lipinski definition) is 10. The predicted octanol–water partition coefficient (Wildman–Crippen LogP) is 2.87. The molecule has 224 valence electrons. The molecule has 12 nitrogen and oxygen atoms in total. The number of amides is 1. The summed E-state index contributed by atoms with van der Waals surface area (Å²) in [5, 5.41) is 7.43. The van der Waals surface area contributed by atoms with Crippen LogP contribution in [-0.4, -0.2) is 73.4 Å². The SMILES string of the molecule is CCOC(=O)C(C(=O)OCC)N(CCCC(=O)OC)C(=O)C(C)=Cc1ccc(C(=O)Oc2ccc(C(=N)N)cc2)cc1. The molecule has 0 saturated heterocycles. The summed E-state index contributed by atoms with van der Waals surface area (Å²) in [5.41, 5.74) is 6.91. The zero-order chi connectivity index (χ0) is 31.2. The van der Waals surface area contributed by atoms with Gasteiger partial charge in [-0.05, 0) is 75.2 Å². The lowest BCUT2D eigenvalue weighted by molar-refractivity contribution is -0.167. The van der Waals surface area contributed by atoms with Gasteiger partial charge in [0.05, 0.1) is 25.9 Å². The van der Waals surface area contributed by atoms with Crippen molar-refractivity contribution in [2.75, 3.05) is 26.9 Å². The average Bonchev–Trinajstić information content (AvgIpc) is 2.96. The summed E-state index contributed by atoms with van der Waals surface area (Å²) in [6.07, 6.45) is 1.60. The first-order valence-corrected chi connectivity index (χ1v) is 13.2. The van der Waals surface area contributed by atoms with E-state index in [1.807, 2.05) is 0 Å². The van der Waals surface area contributed by atoms with Crippen LogP contribution in [0.4, 0.5) is 0 Å². The van der Waals surface area contributed by atoms with Crippen molar-refractivity contribution in [1.82, 2.24) is 4.90 Å². The van der Waals surface area contributed by atoms with Crippen LogP contribution < -0.4 is 10.5 Å². The van der Waals surface area contributed by atoms with Crippen molar-refractivity contribution in [3.05, 3.63) is 70.8 Å². The molecule has 0 unspecified atom stereocenters. The van der Waals surface area contributed by atoms with E-state index in [1.54, 1.807) is 38.1 Å². The lowest BCUT2D eigenvalue weighted by Crippen LogP contribution is -2.52. The number of nitrogens with one attached hydrogen (secondary N) is 1. The van der Waals surface area contributed by atoms with Crippen LogP contribution in [0.3, 0.4) is 0 Å². The maximum Gasteiger partial charge on any atom is 0.343 e. The van der Waals surface area contributed by atoms with Crippen molar-refractivity contribution in [1.29, 1.82) is 5.41 Å². The van der Waals surface area contributed by atoms with Crippen LogP contribution in [-0.2, 0) is 33.4 Å². The summed E-state index contributed by atoms with van der Waals surface area (Å²) in [6, 6.07) is 10.7. The van der Waals surface area contributed by atoms with E-state index in [1.165, 1.54) is 44.4 Å². The van der Waals surface area contributed by atoms with Gasteiger partial charge in [-0.2, -0.15) is 0 Å². The first-order chi connectivity index (χ1) is 20.0. The Bertz CT molecular complexity index is 1300. The highest BCUT2D eigenvalue weighted by Gasteiger charge is 2.38. The first-order valence-electron chi connectivity index (χ1n) is 13.2.